The lowest BCUT2D eigenvalue weighted by Gasteiger charge is -2.52. The molecule has 3 fully saturated rings. The molecule has 0 spiro atoms. The van der Waals surface area contributed by atoms with Crippen molar-refractivity contribution in [2.45, 2.75) is 179 Å². The van der Waals surface area contributed by atoms with Crippen molar-refractivity contribution in [3.05, 3.63) is 71.8 Å². The zero-order chi connectivity index (χ0) is 38.1. The van der Waals surface area contributed by atoms with Gasteiger partial charge in [0.15, 0.2) is 22.9 Å². The number of hydrogen-bond acceptors (Lipinski definition) is 8. The quantitative estimate of drug-likeness (QED) is 0.119. The van der Waals surface area contributed by atoms with Crippen LogP contribution >= 0.6 is 0 Å². The smallest absolute Gasteiger partial charge is 0.192 e. The fourth-order valence-electron chi connectivity index (χ4n) is 8.83. The van der Waals surface area contributed by atoms with E-state index in [1.54, 1.807) is 0 Å². The molecule has 1 N–H and O–H groups in total. The number of aliphatic hydroxyl groups excluding tert-OH is 1. The van der Waals surface area contributed by atoms with Crippen molar-refractivity contribution in [2.24, 2.45) is 5.92 Å². The zero-order valence-corrected chi connectivity index (χ0v) is 36.0. The van der Waals surface area contributed by atoms with Crippen LogP contribution in [0.15, 0.2) is 60.7 Å². The second kappa shape index (κ2) is 19.6. The minimum Gasteiger partial charge on any atom is -0.411 e. The molecule has 0 aliphatic carbocycles. The average Bonchev–Trinajstić information content (AvgIpc) is 3.32. The molecule has 53 heavy (non-hydrogen) atoms. The first-order chi connectivity index (χ1) is 25.6. The summed E-state index contributed by atoms with van der Waals surface area (Å²) in [5.41, 5.74) is 1.45. The van der Waals surface area contributed by atoms with Gasteiger partial charge < -0.3 is 37.6 Å². The van der Waals surface area contributed by atoms with Gasteiger partial charge >= 0.3 is 0 Å². The van der Waals surface area contributed by atoms with Gasteiger partial charge in [-0.15, -0.1) is 0 Å². The van der Waals surface area contributed by atoms with Gasteiger partial charge in [-0.3, -0.25) is 0 Å². The van der Waals surface area contributed by atoms with E-state index in [0.29, 0.717) is 39.1 Å². The predicted molar refractivity (Wildman–Crippen MR) is 216 cm³/mol. The highest BCUT2D eigenvalue weighted by Crippen LogP contribution is 2.43. The lowest BCUT2D eigenvalue weighted by Crippen LogP contribution is -2.62. The van der Waals surface area contributed by atoms with Gasteiger partial charge in [0, 0.05) is 24.5 Å². The number of ether oxygens (including phenoxy) is 5. The maximum atomic E-state index is 11.8. The van der Waals surface area contributed by atoms with E-state index in [-0.39, 0.29) is 36.4 Å². The highest BCUT2D eigenvalue weighted by atomic mass is 28.4. The molecule has 10 heteroatoms. The highest BCUT2D eigenvalue weighted by molar-refractivity contribution is 6.74. The highest BCUT2D eigenvalue weighted by Gasteiger charge is 2.53. The van der Waals surface area contributed by atoms with Crippen LogP contribution in [0.3, 0.4) is 0 Å². The summed E-state index contributed by atoms with van der Waals surface area (Å²) in [6.07, 6.45) is -0.0571. The molecular formula is C43H70O8Si2. The lowest BCUT2D eigenvalue weighted by molar-refractivity contribution is -0.309. The van der Waals surface area contributed by atoms with E-state index < -0.39 is 40.7 Å². The van der Waals surface area contributed by atoms with E-state index in [2.05, 4.69) is 79.7 Å². The average molecular weight is 771 g/mol. The summed E-state index contributed by atoms with van der Waals surface area (Å²) in [5.74, 6) is 0.113. The van der Waals surface area contributed by atoms with Crippen LogP contribution in [0.4, 0.5) is 0 Å². The van der Waals surface area contributed by atoms with Gasteiger partial charge in [0.25, 0.3) is 0 Å². The summed E-state index contributed by atoms with van der Waals surface area (Å²) in [6, 6.07) is 26.7. The molecule has 3 aliphatic rings. The van der Waals surface area contributed by atoms with Gasteiger partial charge in [-0.2, -0.15) is 0 Å². The first-order valence-corrected chi connectivity index (χ1v) is 25.9. The normalized spacial score (nSPS) is 32.6. The Labute approximate surface area is 322 Å². The summed E-state index contributed by atoms with van der Waals surface area (Å²) in [6.45, 7) is 19.7. The van der Waals surface area contributed by atoms with E-state index in [4.69, 9.17) is 32.5 Å². The van der Waals surface area contributed by atoms with Crippen molar-refractivity contribution >= 4 is 16.6 Å². The molecule has 0 bridgehead atoms. The zero-order valence-electron chi connectivity index (χ0n) is 34.0. The topological polar surface area (TPSA) is 84.8 Å². The van der Waals surface area contributed by atoms with Crippen molar-refractivity contribution in [1.82, 2.24) is 0 Å². The minimum absolute atomic E-state index is 0.0851. The summed E-state index contributed by atoms with van der Waals surface area (Å²) in [7, 11) is -4.15. The van der Waals surface area contributed by atoms with Crippen molar-refractivity contribution < 1.29 is 37.6 Å². The molecule has 0 amide bonds. The largest absolute Gasteiger partial charge is 0.411 e. The van der Waals surface area contributed by atoms with Crippen LogP contribution in [0, 0.1) is 5.92 Å². The van der Waals surface area contributed by atoms with Gasteiger partial charge in [-0.05, 0) is 68.0 Å². The Kier molecular flexibility index (Phi) is 15.8. The van der Waals surface area contributed by atoms with Crippen LogP contribution in [-0.4, -0.2) is 83.3 Å². The van der Waals surface area contributed by atoms with Crippen LogP contribution in [0.2, 0.25) is 36.3 Å². The lowest BCUT2D eigenvalue weighted by atomic mass is 9.84. The van der Waals surface area contributed by atoms with Crippen LogP contribution in [0.1, 0.15) is 98.5 Å². The maximum absolute atomic E-state index is 11.8. The summed E-state index contributed by atoms with van der Waals surface area (Å²) in [4.78, 5) is 0. The number of fused-ring (bicyclic) bond motifs is 1. The third-order valence-corrected chi connectivity index (χ3v) is 22.3. The first kappa shape index (κ1) is 42.7. The van der Waals surface area contributed by atoms with Crippen LogP contribution < -0.4 is 0 Å². The molecule has 2 aromatic carbocycles. The van der Waals surface area contributed by atoms with Gasteiger partial charge in [-0.1, -0.05) is 109 Å². The van der Waals surface area contributed by atoms with Crippen LogP contribution in [0.25, 0.3) is 0 Å². The fraction of sp³-hybridized carbons (Fsp3) is 0.721. The van der Waals surface area contributed by atoms with E-state index >= 15 is 0 Å². The van der Waals surface area contributed by atoms with Gasteiger partial charge in [0.1, 0.15) is 5.60 Å². The van der Waals surface area contributed by atoms with Crippen LogP contribution in [0.5, 0.6) is 0 Å². The van der Waals surface area contributed by atoms with Crippen molar-refractivity contribution in [3.63, 3.8) is 0 Å². The number of hydrogen-bond donors (Lipinski definition) is 1. The van der Waals surface area contributed by atoms with E-state index in [1.165, 1.54) is 5.56 Å². The van der Waals surface area contributed by atoms with Crippen LogP contribution in [-0.2, 0) is 39.1 Å². The molecule has 3 saturated heterocycles. The molecule has 298 valence electrons. The second-order valence-electron chi connectivity index (χ2n) is 16.1. The molecule has 8 nitrogen and oxygen atoms in total. The Morgan fingerprint density at radius 1 is 0.736 bits per heavy atom. The summed E-state index contributed by atoms with van der Waals surface area (Å²) >= 11 is 0. The first-order valence-electron chi connectivity index (χ1n) is 20.9. The standard InChI is InChI=1S/C43H70O8Si2/c1-9-52(10-2,11-3)50-40-32(7)36(27-28-45-30-33-21-17-15-18-22-33)47-38(41(40)51-53(12-4,13-5)14-6)29-37-35(44)25-26-39-43(8,49-37)31-46-42(48-39)34-23-19-16-20-24-34/h15-24,32,35-42,44H,9-14,25-31H2,1-8H3/t32-,35-,36+,37+,38-,39+,40+,41-,42-,43-/m1/s1. The number of benzene rings is 2. The Hall–Kier alpha value is -1.45. The van der Waals surface area contributed by atoms with Gasteiger partial charge in [-0.25, -0.2) is 0 Å². The Balaban J connectivity index is 1.43. The molecule has 0 aromatic heterocycles. The van der Waals surface area contributed by atoms with E-state index in [1.807, 2.05) is 36.4 Å². The van der Waals surface area contributed by atoms with Gasteiger partial charge in [0.05, 0.1) is 55.9 Å². The molecule has 0 radical (unpaired) electrons. The molecule has 3 heterocycles. The van der Waals surface area contributed by atoms with Crippen molar-refractivity contribution in [1.29, 1.82) is 0 Å². The predicted octanol–water partition coefficient (Wildman–Crippen LogP) is 9.58. The Morgan fingerprint density at radius 3 is 1.92 bits per heavy atom. The van der Waals surface area contributed by atoms with Crippen molar-refractivity contribution in [3.8, 4) is 0 Å². The van der Waals surface area contributed by atoms with E-state index in [0.717, 1.165) is 48.2 Å². The summed E-state index contributed by atoms with van der Waals surface area (Å²) < 4.78 is 48.4. The van der Waals surface area contributed by atoms with Gasteiger partial charge in [0.2, 0.25) is 0 Å². The number of rotatable bonds is 18. The maximum Gasteiger partial charge on any atom is 0.192 e. The monoisotopic (exact) mass is 770 g/mol. The fourth-order valence-corrected chi connectivity index (χ4v) is 14.6. The summed E-state index contributed by atoms with van der Waals surface area (Å²) in [5, 5.41) is 11.8. The molecule has 5 rings (SSSR count). The van der Waals surface area contributed by atoms with E-state index in [9.17, 15) is 5.11 Å². The molecule has 0 unspecified atom stereocenters. The molecule has 10 atom stereocenters. The SMILES string of the molecule is CC[Si](CC)(CC)O[C@H]1[C@H](C)[C@H](CCOCc2ccccc2)O[C@H](C[C@@H]2O[C@]3(C)CO[C@@H](c4ccccc4)O[C@H]3CC[C@H]2O)[C@H]1O[Si](CC)(CC)CC. The molecule has 3 aliphatic heterocycles. The third-order valence-electron chi connectivity index (χ3n) is 13.0. The molecule has 0 saturated carbocycles. The number of aliphatic hydroxyl groups is 1. The second-order valence-corrected chi connectivity index (χ2v) is 25.5. The molecular weight excluding hydrogens is 701 g/mol. The Morgan fingerprint density at radius 2 is 1.32 bits per heavy atom. The Bertz CT molecular complexity index is 1330. The van der Waals surface area contributed by atoms with Crippen molar-refractivity contribution in [2.75, 3.05) is 13.2 Å². The minimum atomic E-state index is -2.10. The third kappa shape index (κ3) is 10.3. The molecule has 2 aromatic rings.